The fourth-order valence-electron chi connectivity index (χ4n) is 1.79. The first-order chi connectivity index (χ1) is 11.0. The first-order valence-corrected chi connectivity index (χ1v) is 7.45. The number of hydrogen-bond donors (Lipinski definition) is 2. The second-order valence-electron chi connectivity index (χ2n) is 4.69. The van der Waals surface area contributed by atoms with Crippen LogP contribution in [0.1, 0.15) is 5.56 Å². The Labute approximate surface area is 144 Å². The van der Waals surface area contributed by atoms with Gasteiger partial charge in [0.1, 0.15) is 11.6 Å². The average molecular weight is 346 g/mol. The molecule has 1 amide bonds. The summed E-state index contributed by atoms with van der Waals surface area (Å²) < 4.78 is 0. The van der Waals surface area contributed by atoms with E-state index in [1.165, 1.54) is 6.20 Å². The Kier molecular flexibility index (Phi) is 5.64. The molecule has 0 unspecified atom stereocenters. The molecule has 0 aliphatic heterocycles. The smallest absolute Gasteiger partial charge is 0.267 e. The number of nitrogens with one attached hydrogen (secondary N) is 2. The van der Waals surface area contributed by atoms with Crippen LogP contribution in [-0.4, -0.2) is 5.91 Å². The fourth-order valence-corrected chi connectivity index (χ4v) is 2.09. The van der Waals surface area contributed by atoms with Crippen LogP contribution in [0.25, 0.3) is 0 Å². The van der Waals surface area contributed by atoms with Crippen molar-refractivity contribution in [2.24, 2.45) is 0 Å². The van der Waals surface area contributed by atoms with Crippen molar-refractivity contribution in [2.75, 3.05) is 10.6 Å². The van der Waals surface area contributed by atoms with E-state index in [1.54, 1.807) is 36.4 Å². The Bertz CT molecular complexity index is 792. The monoisotopic (exact) mass is 345 g/mol. The molecule has 0 aliphatic carbocycles. The lowest BCUT2D eigenvalue weighted by Crippen LogP contribution is -2.14. The number of anilines is 2. The van der Waals surface area contributed by atoms with Crippen molar-refractivity contribution in [3.8, 4) is 6.07 Å². The van der Waals surface area contributed by atoms with Crippen molar-refractivity contribution in [1.29, 1.82) is 5.26 Å². The lowest BCUT2D eigenvalue weighted by molar-refractivity contribution is -0.112. The van der Waals surface area contributed by atoms with Gasteiger partial charge in [0.2, 0.25) is 0 Å². The molecular weight excluding hydrogens is 333 g/mol. The van der Waals surface area contributed by atoms with Gasteiger partial charge in [-0.25, -0.2) is 0 Å². The number of amides is 1. The zero-order chi connectivity index (χ0) is 16.8. The van der Waals surface area contributed by atoms with Gasteiger partial charge in [0.15, 0.2) is 0 Å². The zero-order valence-corrected chi connectivity index (χ0v) is 13.7. The summed E-state index contributed by atoms with van der Waals surface area (Å²) in [5, 5.41) is 15.9. The average Bonchev–Trinajstić information content (AvgIpc) is 2.54. The number of hydrogen-bond acceptors (Lipinski definition) is 3. The summed E-state index contributed by atoms with van der Waals surface area (Å²) in [6.07, 6.45) is 1.35. The van der Waals surface area contributed by atoms with Gasteiger partial charge in [0, 0.05) is 27.6 Å². The third kappa shape index (κ3) is 4.49. The van der Waals surface area contributed by atoms with Gasteiger partial charge in [-0.05, 0) is 48.9 Å². The summed E-state index contributed by atoms with van der Waals surface area (Å²) in [5.41, 5.74) is 2.06. The number of carbonyl (C=O) groups is 1. The molecule has 0 aliphatic rings. The largest absolute Gasteiger partial charge is 0.360 e. The van der Waals surface area contributed by atoms with Crippen LogP contribution in [0.2, 0.25) is 10.0 Å². The summed E-state index contributed by atoms with van der Waals surface area (Å²) in [5.74, 6) is -0.512. The van der Waals surface area contributed by atoms with Crippen LogP contribution >= 0.6 is 23.2 Å². The van der Waals surface area contributed by atoms with Crippen LogP contribution in [-0.2, 0) is 4.79 Å². The number of nitrogens with zero attached hydrogens (tertiary/aromatic N) is 1. The van der Waals surface area contributed by atoms with Crippen molar-refractivity contribution < 1.29 is 4.79 Å². The minimum atomic E-state index is -0.512. The van der Waals surface area contributed by atoms with Gasteiger partial charge in [-0.15, -0.1) is 0 Å². The molecule has 6 heteroatoms. The molecule has 116 valence electrons. The van der Waals surface area contributed by atoms with E-state index in [9.17, 15) is 4.79 Å². The molecule has 2 aromatic carbocycles. The highest BCUT2D eigenvalue weighted by atomic mass is 35.5. The van der Waals surface area contributed by atoms with Crippen LogP contribution in [0, 0.1) is 18.3 Å². The third-order valence-electron chi connectivity index (χ3n) is 3.11. The predicted molar refractivity (Wildman–Crippen MR) is 93.6 cm³/mol. The fraction of sp³-hybridized carbons (Fsp3) is 0.0588. The van der Waals surface area contributed by atoms with Crippen molar-refractivity contribution in [1.82, 2.24) is 0 Å². The summed E-state index contributed by atoms with van der Waals surface area (Å²) in [6, 6.07) is 13.8. The maximum Gasteiger partial charge on any atom is 0.267 e. The highest BCUT2D eigenvalue weighted by Gasteiger charge is 2.10. The van der Waals surface area contributed by atoms with E-state index >= 15 is 0 Å². The molecule has 0 saturated heterocycles. The number of benzene rings is 2. The van der Waals surface area contributed by atoms with Crippen molar-refractivity contribution >= 4 is 40.5 Å². The summed E-state index contributed by atoms with van der Waals surface area (Å²) >= 11 is 11.8. The lowest BCUT2D eigenvalue weighted by Gasteiger charge is -2.08. The third-order valence-corrected chi connectivity index (χ3v) is 3.77. The van der Waals surface area contributed by atoms with E-state index in [4.69, 9.17) is 28.5 Å². The van der Waals surface area contributed by atoms with Gasteiger partial charge in [0.25, 0.3) is 5.91 Å². The summed E-state index contributed by atoms with van der Waals surface area (Å²) in [7, 11) is 0. The molecule has 23 heavy (non-hydrogen) atoms. The lowest BCUT2D eigenvalue weighted by atomic mass is 10.2. The molecule has 0 fully saturated rings. The van der Waals surface area contributed by atoms with E-state index in [-0.39, 0.29) is 5.57 Å². The van der Waals surface area contributed by atoms with E-state index in [0.717, 1.165) is 11.3 Å². The summed E-state index contributed by atoms with van der Waals surface area (Å²) in [6.45, 7) is 1.85. The minimum absolute atomic E-state index is 0.0562. The van der Waals surface area contributed by atoms with Crippen molar-refractivity contribution in [2.45, 2.75) is 6.92 Å². The van der Waals surface area contributed by atoms with Gasteiger partial charge in [-0.3, -0.25) is 4.79 Å². The maximum absolute atomic E-state index is 12.1. The number of nitriles is 1. The Morgan fingerprint density at radius 2 is 1.87 bits per heavy atom. The summed E-state index contributed by atoms with van der Waals surface area (Å²) in [4.78, 5) is 12.1. The number of halogens is 2. The Hall–Kier alpha value is -2.48. The Morgan fingerprint density at radius 3 is 2.52 bits per heavy atom. The van der Waals surface area contributed by atoms with E-state index < -0.39 is 5.91 Å². The van der Waals surface area contributed by atoms with Gasteiger partial charge < -0.3 is 10.6 Å². The van der Waals surface area contributed by atoms with Crippen LogP contribution in [0.15, 0.2) is 54.2 Å². The predicted octanol–water partition coefficient (Wildman–Crippen LogP) is 4.76. The number of rotatable bonds is 4. The number of carbonyl (C=O) groups excluding carboxylic acids is 1. The van der Waals surface area contributed by atoms with Crippen LogP contribution in [0.5, 0.6) is 0 Å². The van der Waals surface area contributed by atoms with Crippen LogP contribution < -0.4 is 10.6 Å². The molecule has 4 nitrogen and oxygen atoms in total. The quantitative estimate of drug-likeness (QED) is 0.620. The van der Waals surface area contributed by atoms with E-state index in [2.05, 4.69) is 10.6 Å². The Balaban J connectivity index is 2.12. The molecule has 0 atom stereocenters. The highest BCUT2D eigenvalue weighted by Crippen LogP contribution is 2.23. The van der Waals surface area contributed by atoms with Gasteiger partial charge in [-0.1, -0.05) is 29.3 Å². The molecule has 2 rings (SSSR count). The topological polar surface area (TPSA) is 64.9 Å². The molecule has 0 radical (unpaired) electrons. The van der Waals surface area contributed by atoms with Gasteiger partial charge in [0.05, 0.1) is 0 Å². The standard InChI is InChI=1S/C17H13Cl2N3O/c1-11-15(19)3-2-4-16(11)21-10-12(9-20)17(23)22-14-7-5-13(18)6-8-14/h2-8,10,21H,1H3,(H,22,23)/b12-10-. The SMILES string of the molecule is Cc1c(Cl)cccc1N/C=C(/C#N)C(=O)Nc1ccc(Cl)cc1. The first-order valence-electron chi connectivity index (χ1n) is 6.70. The maximum atomic E-state index is 12.1. The molecule has 0 spiro atoms. The molecule has 2 N–H and O–H groups in total. The second-order valence-corrected chi connectivity index (χ2v) is 5.53. The van der Waals surface area contributed by atoms with Crippen LogP contribution in [0.4, 0.5) is 11.4 Å². The molecule has 2 aromatic rings. The molecule has 0 aromatic heterocycles. The van der Waals surface area contributed by atoms with Crippen molar-refractivity contribution in [3.63, 3.8) is 0 Å². The molecular formula is C17H13Cl2N3O. The highest BCUT2D eigenvalue weighted by molar-refractivity contribution is 6.31. The van der Waals surface area contributed by atoms with Crippen LogP contribution in [0.3, 0.4) is 0 Å². The normalized spacial score (nSPS) is 10.8. The van der Waals surface area contributed by atoms with Crippen molar-refractivity contribution in [3.05, 3.63) is 69.8 Å². The molecule has 0 heterocycles. The van der Waals surface area contributed by atoms with E-state index in [0.29, 0.717) is 15.7 Å². The van der Waals surface area contributed by atoms with Gasteiger partial charge >= 0.3 is 0 Å². The molecule has 0 saturated carbocycles. The molecule has 0 bridgehead atoms. The Morgan fingerprint density at radius 1 is 1.17 bits per heavy atom. The van der Waals surface area contributed by atoms with E-state index in [1.807, 2.05) is 19.1 Å². The zero-order valence-electron chi connectivity index (χ0n) is 12.2. The first kappa shape index (κ1) is 16.9. The second kappa shape index (κ2) is 7.68. The van der Waals surface area contributed by atoms with Gasteiger partial charge in [-0.2, -0.15) is 5.26 Å². The minimum Gasteiger partial charge on any atom is -0.360 e.